The zero-order chi connectivity index (χ0) is 35.8. The first kappa shape index (κ1) is 31.5. The second-order valence-corrected chi connectivity index (χ2v) is 13.6. The van der Waals surface area contributed by atoms with Crippen LogP contribution in [-0.2, 0) is 0 Å². The predicted molar refractivity (Wildman–Crippen MR) is 225 cm³/mol. The van der Waals surface area contributed by atoms with E-state index in [9.17, 15) is 0 Å². The second-order valence-electron chi connectivity index (χ2n) is 13.6. The van der Waals surface area contributed by atoms with Gasteiger partial charge in [0.2, 0.25) is 0 Å². The summed E-state index contributed by atoms with van der Waals surface area (Å²) in [5.74, 6) is 1.94. The first-order valence-corrected chi connectivity index (χ1v) is 18.3. The third kappa shape index (κ3) is 5.78. The molecule has 0 aliphatic carbocycles. The van der Waals surface area contributed by atoms with Crippen molar-refractivity contribution in [1.29, 1.82) is 0 Å². The molecular formula is C51H33N3. The maximum atomic E-state index is 5.16. The van der Waals surface area contributed by atoms with Crippen molar-refractivity contribution in [3.63, 3.8) is 0 Å². The van der Waals surface area contributed by atoms with Gasteiger partial charge >= 0.3 is 0 Å². The standard InChI is InChI=1S/C51H33N3/c1-3-13-34(14-4-1)44-23-11-25-47-46(44)24-12-26-48(47)51-53-49(36-16-5-2-6-17-36)52-50(54-51)42-30-29-39-31-38(27-28-40(39)33-42)37-19-9-20-41(32-37)45-22-10-18-35-15-7-8-21-43(35)45/h1-33H. The maximum Gasteiger partial charge on any atom is 0.164 e. The molecule has 0 N–H and O–H groups in total. The van der Waals surface area contributed by atoms with Gasteiger partial charge in [-0.3, -0.25) is 0 Å². The molecule has 10 aromatic rings. The van der Waals surface area contributed by atoms with Gasteiger partial charge in [0, 0.05) is 16.7 Å². The number of fused-ring (bicyclic) bond motifs is 3. The summed E-state index contributed by atoms with van der Waals surface area (Å²) in [5, 5.41) is 7.06. The van der Waals surface area contributed by atoms with Crippen molar-refractivity contribution in [2.75, 3.05) is 0 Å². The molecule has 0 spiro atoms. The lowest BCUT2D eigenvalue weighted by Crippen LogP contribution is -2.00. The summed E-state index contributed by atoms with van der Waals surface area (Å²) in [7, 11) is 0. The zero-order valence-corrected chi connectivity index (χ0v) is 29.4. The number of aromatic nitrogens is 3. The van der Waals surface area contributed by atoms with Crippen molar-refractivity contribution in [3.8, 4) is 67.5 Å². The van der Waals surface area contributed by atoms with E-state index >= 15 is 0 Å². The van der Waals surface area contributed by atoms with E-state index in [-0.39, 0.29) is 0 Å². The van der Waals surface area contributed by atoms with Gasteiger partial charge in [0.25, 0.3) is 0 Å². The fourth-order valence-electron chi connectivity index (χ4n) is 7.62. The summed E-state index contributed by atoms with van der Waals surface area (Å²) in [5.41, 5.74) is 10.0. The minimum Gasteiger partial charge on any atom is -0.208 e. The predicted octanol–water partition coefficient (Wildman–Crippen LogP) is 13.3. The van der Waals surface area contributed by atoms with E-state index in [1.54, 1.807) is 0 Å². The van der Waals surface area contributed by atoms with Crippen molar-refractivity contribution in [2.24, 2.45) is 0 Å². The summed E-state index contributed by atoms with van der Waals surface area (Å²) in [6, 6.07) is 70.7. The van der Waals surface area contributed by atoms with Gasteiger partial charge in [0.1, 0.15) is 0 Å². The van der Waals surface area contributed by atoms with E-state index in [0.717, 1.165) is 38.2 Å². The number of rotatable bonds is 6. The lowest BCUT2D eigenvalue weighted by atomic mass is 9.94. The SMILES string of the molecule is c1ccc(-c2nc(-c3ccc4cc(-c5cccc(-c6cccc7ccccc67)c5)ccc4c3)nc(-c3cccc4c(-c5ccccc5)cccc34)n2)cc1. The molecule has 1 aromatic heterocycles. The van der Waals surface area contributed by atoms with Crippen molar-refractivity contribution in [3.05, 3.63) is 200 Å². The van der Waals surface area contributed by atoms with Crippen LogP contribution in [0.5, 0.6) is 0 Å². The van der Waals surface area contributed by atoms with Gasteiger partial charge in [-0.1, -0.05) is 182 Å². The van der Waals surface area contributed by atoms with Crippen LogP contribution >= 0.6 is 0 Å². The van der Waals surface area contributed by atoms with Gasteiger partial charge in [-0.2, -0.15) is 0 Å². The molecule has 252 valence electrons. The summed E-state index contributed by atoms with van der Waals surface area (Å²) in [4.78, 5) is 15.3. The van der Waals surface area contributed by atoms with Gasteiger partial charge in [0.05, 0.1) is 0 Å². The molecule has 9 aromatic carbocycles. The Kier molecular flexibility index (Phi) is 7.81. The smallest absolute Gasteiger partial charge is 0.164 e. The number of benzene rings is 9. The summed E-state index contributed by atoms with van der Waals surface area (Å²) >= 11 is 0. The Labute approximate surface area is 313 Å². The van der Waals surface area contributed by atoms with Crippen molar-refractivity contribution in [2.45, 2.75) is 0 Å². The van der Waals surface area contributed by atoms with Gasteiger partial charge in [0.15, 0.2) is 17.5 Å². The molecule has 0 aliphatic rings. The lowest BCUT2D eigenvalue weighted by Gasteiger charge is -2.13. The van der Waals surface area contributed by atoms with Gasteiger partial charge in [-0.25, -0.2) is 15.0 Å². The van der Waals surface area contributed by atoms with Crippen molar-refractivity contribution < 1.29 is 0 Å². The molecule has 0 bridgehead atoms. The topological polar surface area (TPSA) is 38.7 Å². The number of hydrogen-bond donors (Lipinski definition) is 0. The normalized spacial score (nSPS) is 11.3. The minimum absolute atomic E-state index is 0.642. The number of hydrogen-bond acceptors (Lipinski definition) is 3. The highest BCUT2D eigenvalue weighted by Gasteiger charge is 2.16. The van der Waals surface area contributed by atoms with E-state index in [2.05, 4.69) is 182 Å². The monoisotopic (exact) mass is 687 g/mol. The van der Waals surface area contributed by atoms with Gasteiger partial charge in [-0.05, 0) is 83.9 Å². The highest BCUT2D eigenvalue weighted by molar-refractivity contribution is 6.04. The van der Waals surface area contributed by atoms with Gasteiger partial charge < -0.3 is 0 Å². The molecule has 0 radical (unpaired) electrons. The number of nitrogens with zero attached hydrogens (tertiary/aromatic N) is 3. The van der Waals surface area contributed by atoms with Crippen LogP contribution in [0.2, 0.25) is 0 Å². The molecule has 1 heterocycles. The maximum absolute atomic E-state index is 5.16. The Balaban J connectivity index is 1.06. The quantitative estimate of drug-likeness (QED) is 0.175. The van der Waals surface area contributed by atoms with Crippen LogP contribution in [0.3, 0.4) is 0 Å². The van der Waals surface area contributed by atoms with E-state index in [4.69, 9.17) is 15.0 Å². The third-order valence-electron chi connectivity index (χ3n) is 10.3. The molecule has 0 amide bonds. The largest absolute Gasteiger partial charge is 0.208 e. The summed E-state index contributed by atoms with van der Waals surface area (Å²) in [6.07, 6.45) is 0. The highest BCUT2D eigenvalue weighted by Crippen LogP contribution is 2.36. The zero-order valence-electron chi connectivity index (χ0n) is 29.4. The third-order valence-corrected chi connectivity index (χ3v) is 10.3. The van der Waals surface area contributed by atoms with Crippen LogP contribution in [0.15, 0.2) is 200 Å². The van der Waals surface area contributed by atoms with Crippen LogP contribution in [0.4, 0.5) is 0 Å². The van der Waals surface area contributed by atoms with Gasteiger partial charge in [-0.15, -0.1) is 0 Å². The molecule has 0 unspecified atom stereocenters. The lowest BCUT2D eigenvalue weighted by molar-refractivity contribution is 1.08. The Morgan fingerprint density at radius 2 is 0.685 bits per heavy atom. The Bertz CT molecular complexity index is 2980. The first-order valence-electron chi connectivity index (χ1n) is 18.3. The molecule has 0 fully saturated rings. The Hall–Kier alpha value is -7.23. The molecule has 3 heteroatoms. The molecular weight excluding hydrogens is 655 g/mol. The minimum atomic E-state index is 0.642. The van der Waals surface area contributed by atoms with Crippen LogP contribution in [0.1, 0.15) is 0 Å². The van der Waals surface area contributed by atoms with E-state index in [1.807, 2.05) is 18.2 Å². The van der Waals surface area contributed by atoms with E-state index in [1.165, 1.54) is 44.2 Å². The molecule has 0 saturated carbocycles. The molecule has 54 heavy (non-hydrogen) atoms. The van der Waals surface area contributed by atoms with Crippen molar-refractivity contribution >= 4 is 32.3 Å². The average Bonchev–Trinajstić information content (AvgIpc) is 3.26. The van der Waals surface area contributed by atoms with E-state index in [0.29, 0.717) is 17.5 Å². The molecule has 0 saturated heterocycles. The van der Waals surface area contributed by atoms with Crippen molar-refractivity contribution in [1.82, 2.24) is 15.0 Å². The summed E-state index contributed by atoms with van der Waals surface area (Å²) < 4.78 is 0. The second kappa shape index (κ2) is 13.4. The molecule has 0 atom stereocenters. The van der Waals surface area contributed by atoms with Crippen LogP contribution in [0.25, 0.3) is 99.9 Å². The van der Waals surface area contributed by atoms with E-state index < -0.39 is 0 Å². The highest BCUT2D eigenvalue weighted by atomic mass is 15.0. The first-order chi connectivity index (χ1) is 26.7. The average molecular weight is 688 g/mol. The Morgan fingerprint density at radius 1 is 0.222 bits per heavy atom. The molecule has 0 aliphatic heterocycles. The fraction of sp³-hybridized carbons (Fsp3) is 0. The van der Waals surface area contributed by atoms with Crippen LogP contribution in [0, 0.1) is 0 Å². The van der Waals surface area contributed by atoms with Crippen LogP contribution in [-0.4, -0.2) is 15.0 Å². The van der Waals surface area contributed by atoms with Crippen LogP contribution < -0.4 is 0 Å². The summed E-state index contributed by atoms with van der Waals surface area (Å²) in [6.45, 7) is 0. The molecule has 10 rings (SSSR count). The molecule has 3 nitrogen and oxygen atoms in total. The Morgan fingerprint density at radius 3 is 1.46 bits per heavy atom. The fourth-order valence-corrected chi connectivity index (χ4v) is 7.62.